The lowest BCUT2D eigenvalue weighted by Gasteiger charge is -2.25. The summed E-state index contributed by atoms with van der Waals surface area (Å²) >= 11 is 0. The van der Waals surface area contributed by atoms with E-state index in [2.05, 4.69) is 45.6 Å². The summed E-state index contributed by atoms with van der Waals surface area (Å²) in [6, 6.07) is 8.59. The van der Waals surface area contributed by atoms with Crippen molar-refractivity contribution in [2.24, 2.45) is 11.7 Å². The van der Waals surface area contributed by atoms with Crippen molar-refractivity contribution in [3.63, 3.8) is 0 Å². The Hall–Kier alpha value is -3.13. The van der Waals surface area contributed by atoms with Gasteiger partial charge in [-0.15, -0.1) is 5.10 Å². The molecule has 1 aliphatic rings. The van der Waals surface area contributed by atoms with Crippen LogP contribution in [0.25, 0.3) is 28.0 Å². The van der Waals surface area contributed by atoms with Crippen molar-refractivity contribution < 1.29 is 0 Å². The average molecular weight is 403 g/mol. The first-order valence-corrected chi connectivity index (χ1v) is 10.7. The van der Waals surface area contributed by atoms with E-state index in [1.165, 1.54) is 0 Å². The van der Waals surface area contributed by atoms with Gasteiger partial charge in [-0.3, -0.25) is 4.68 Å². The molecule has 1 aliphatic carbocycles. The van der Waals surface area contributed by atoms with Crippen molar-refractivity contribution >= 4 is 11.2 Å². The highest BCUT2D eigenvalue weighted by molar-refractivity contribution is 5.71. The molecule has 0 aliphatic heterocycles. The summed E-state index contributed by atoms with van der Waals surface area (Å²) in [5, 5.41) is 12.9. The van der Waals surface area contributed by atoms with Crippen LogP contribution in [0.1, 0.15) is 38.4 Å². The molecule has 0 saturated heterocycles. The van der Waals surface area contributed by atoms with Crippen LogP contribution in [0.3, 0.4) is 0 Å². The molecule has 30 heavy (non-hydrogen) atoms. The molecule has 4 aromatic rings. The third-order valence-electron chi connectivity index (χ3n) is 6.01. The Morgan fingerprint density at radius 3 is 2.57 bits per heavy atom. The van der Waals surface area contributed by atoms with Crippen molar-refractivity contribution in [2.75, 3.05) is 0 Å². The number of fused-ring (bicyclic) bond motifs is 1. The van der Waals surface area contributed by atoms with Crippen molar-refractivity contribution in [3.05, 3.63) is 48.7 Å². The maximum atomic E-state index is 6.04. The first-order chi connectivity index (χ1) is 14.7. The number of nitrogens with two attached hydrogens (primary N) is 1. The first-order valence-electron chi connectivity index (χ1n) is 10.7. The number of nitrogens with zero attached hydrogens (tertiary/aromatic N) is 7. The maximum Gasteiger partial charge on any atom is 0.187 e. The zero-order valence-corrected chi connectivity index (χ0v) is 17.1. The molecule has 8 nitrogen and oxygen atoms in total. The van der Waals surface area contributed by atoms with E-state index >= 15 is 0 Å². The van der Waals surface area contributed by atoms with Gasteiger partial charge in [0.1, 0.15) is 5.82 Å². The molecule has 154 valence electrons. The number of benzene rings is 1. The van der Waals surface area contributed by atoms with Crippen LogP contribution < -0.4 is 5.73 Å². The minimum absolute atomic E-state index is 0.356. The van der Waals surface area contributed by atoms with Crippen molar-refractivity contribution in [1.82, 2.24) is 34.7 Å². The fourth-order valence-corrected chi connectivity index (χ4v) is 4.17. The molecule has 5 rings (SSSR count). The van der Waals surface area contributed by atoms with E-state index in [0.717, 1.165) is 66.9 Å². The lowest BCUT2D eigenvalue weighted by Crippen LogP contribution is -2.27. The molecule has 3 heterocycles. The van der Waals surface area contributed by atoms with Crippen molar-refractivity contribution in [2.45, 2.75) is 51.6 Å². The largest absolute Gasteiger partial charge is 0.328 e. The third kappa shape index (κ3) is 3.70. The van der Waals surface area contributed by atoms with Crippen LogP contribution in [0, 0.1) is 5.92 Å². The maximum absolute atomic E-state index is 6.04. The number of hydrogen-bond donors (Lipinski definition) is 1. The smallest absolute Gasteiger partial charge is 0.187 e. The Labute approximate surface area is 175 Å². The number of aromatic nitrogens is 7. The zero-order chi connectivity index (χ0) is 20.5. The normalized spacial score (nSPS) is 19.4. The number of rotatable bonds is 5. The Morgan fingerprint density at radius 2 is 1.83 bits per heavy atom. The van der Waals surface area contributed by atoms with Crippen molar-refractivity contribution in [3.8, 4) is 16.8 Å². The van der Waals surface area contributed by atoms with Crippen LogP contribution in [0.4, 0.5) is 0 Å². The summed E-state index contributed by atoms with van der Waals surface area (Å²) in [4.78, 5) is 9.33. The molecule has 0 amide bonds. The summed E-state index contributed by atoms with van der Waals surface area (Å²) in [6.07, 6.45) is 11.1. The Morgan fingerprint density at radius 1 is 1.03 bits per heavy atom. The standard InChI is InChI=1S/C22H26N8/c1-2-29-14-17(12-25-29)16-5-9-19(10-6-16)30-22-20(27-28-30)13-24-21(26-22)11-15-3-7-18(23)8-4-15/h5-6,9-10,12-15,18H,2-4,7-8,11,23H2,1H3. The van der Waals surface area contributed by atoms with E-state index in [4.69, 9.17) is 10.7 Å². The van der Waals surface area contributed by atoms with Crippen LogP contribution in [0.2, 0.25) is 0 Å². The summed E-state index contributed by atoms with van der Waals surface area (Å²) in [7, 11) is 0. The van der Waals surface area contributed by atoms with Gasteiger partial charge in [0.05, 0.1) is 18.1 Å². The molecule has 0 bridgehead atoms. The van der Waals surface area contributed by atoms with Gasteiger partial charge in [-0.25, -0.2) is 9.97 Å². The van der Waals surface area contributed by atoms with Crippen LogP contribution in [-0.4, -0.2) is 40.8 Å². The van der Waals surface area contributed by atoms with Crippen LogP contribution in [0.5, 0.6) is 0 Å². The molecule has 0 spiro atoms. The topological polar surface area (TPSA) is 100 Å². The number of hydrogen-bond acceptors (Lipinski definition) is 6. The average Bonchev–Trinajstić information content (AvgIpc) is 3.42. The van der Waals surface area contributed by atoms with Gasteiger partial charge in [-0.05, 0) is 56.2 Å². The Kier molecular flexibility index (Phi) is 5.00. The molecule has 1 saturated carbocycles. The molecule has 0 unspecified atom stereocenters. The fraction of sp³-hybridized carbons (Fsp3) is 0.409. The van der Waals surface area contributed by atoms with Gasteiger partial charge < -0.3 is 5.73 Å². The molecule has 1 aromatic carbocycles. The lowest BCUT2D eigenvalue weighted by atomic mass is 9.84. The van der Waals surface area contributed by atoms with Gasteiger partial charge in [-0.1, -0.05) is 17.3 Å². The second-order valence-electron chi connectivity index (χ2n) is 8.11. The highest BCUT2D eigenvalue weighted by atomic mass is 15.4. The molecule has 2 N–H and O–H groups in total. The Balaban J connectivity index is 1.40. The van der Waals surface area contributed by atoms with E-state index in [1.54, 1.807) is 10.9 Å². The second kappa shape index (κ2) is 7.95. The molecular weight excluding hydrogens is 376 g/mol. The minimum atomic E-state index is 0.356. The van der Waals surface area contributed by atoms with Gasteiger partial charge in [0.25, 0.3) is 0 Å². The molecule has 0 radical (unpaired) electrons. The molecule has 0 atom stereocenters. The quantitative estimate of drug-likeness (QED) is 0.550. The molecule has 1 fully saturated rings. The Bertz CT molecular complexity index is 1140. The monoisotopic (exact) mass is 402 g/mol. The summed E-state index contributed by atoms with van der Waals surface area (Å²) in [5.74, 6) is 1.46. The van der Waals surface area contributed by atoms with Crippen LogP contribution >= 0.6 is 0 Å². The minimum Gasteiger partial charge on any atom is -0.328 e. The van der Waals surface area contributed by atoms with Gasteiger partial charge >= 0.3 is 0 Å². The number of aryl methyl sites for hydroxylation is 1. The summed E-state index contributed by atoms with van der Waals surface area (Å²) < 4.78 is 3.71. The summed E-state index contributed by atoms with van der Waals surface area (Å²) in [6.45, 7) is 2.94. The highest BCUT2D eigenvalue weighted by Gasteiger charge is 2.20. The lowest BCUT2D eigenvalue weighted by molar-refractivity contribution is 0.321. The molecule has 8 heteroatoms. The van der Waals surface area contributed by atoms with Crippen molar-refractivity contribution in [1.29, 1.82) is 0 Å². The van der Waals surface area contributed by atoms with E-state index in [9.17, 15) is 0 Å². The van der Waals surface area contributed by atoms with Gasteiger partial charge in [0.15, 0.2) is 11.2 Å². The van der Waals surface area contributed by atoms with Crippen LogP contribution in [0.15, 0.2) is 42.9 Å². The predicted molar refractivity (Wildman–Crippen MR) is 115 cm³/mol. The van der Waals surface area contributed by atoms with Gasteiger partial charge in [0.2, 0.25) is 0 Å². The first kappa shape index (κ1) is 18.9. The highest BCUT2D eigenvalue weighted by Crippen LogP contribution is 2.26. The third-order valence-corrected chi connectivity index (χ3v) is 6.01. The van der Waals surface area contributed by atoms with E-state index in [0.29, 0.717) is 17.5 Å². The van der Waals surface area contributed by atoms with Gasteiger partial charge in [0, 0.05) is 30.8 Å². The second-order valence-corrected chi connectivity index (χ2v) is 8.11. The van der Waals surface area contributed by atoms with E-state index < -0.39 is 0 Å². The fourth-order valence-electron chi connectivity index (χ4n) is 4.17. The zero-order valence-electron chi connectivity index (χ0n) is 17.1. The van der Waals surface area contributed by atoms with E-state index in [-0.39, 0.29) is 0 Å². The molecular formula is C22H26N8. The van der Waals surface area contributed by atoms with E-state index in [1.807, 2.05) is 23.0 Å². The van der Waals surface area contributed by atoms with Crippen LogP contribution in [-0.2, 0) is 13.0 Å². The SMILES string of the molecule is CCn1cc(-c2ccc(-n3nnc4cnc(CC5CCC(N)CC5)nc43)cc2)cn1. The summed E-state index contributed by atoms with van der Waals surface area (Å²) in [5.41, 5.74) is 10.6. The van der Waals surface area contributed by atoms with Gasteiger partial charge in [-0.2, -0.15) is 9.78 Å². The predicted octanol–water partition coefficient (Wildman–Crippen LogP) is 3.15. The molecule has 3 aromatic heterocycles.